The number of carbonyl (C=O) groups is 1. The van der Waals surface area contributed by atoms with E-state index in [-0.39, 0.29) is 6.03 Å². The van der Waals surface area contributed by atoms with Gasteiger partial charge in [-0.3, -0.25) is 0 Å². The molecular formula is C22H25N5O. The van der Waals surface area contributed by atoms with Gasteiger partial charge in [0.15, 0.2) is 0 Å². The largest absolute Gasteiger partial charge is 0.368 e. The van der Waals surface area contributed by atoms with Crippen molar-refractivity contribution >= 4 is 11.7 Å². The van der Waals surface area contributed by atoms with E-state index in [0.717, 1.165) is 37.4 Å². The number of benzene rings is 2. The van der Waals surface area contributed by atoms with Gasteiger partial charge in [0.2, 0.25) is 0 Å². The van der Waals surface area contributed by atoms with Crippen LogP contribution in [-0.2, 0) is 6.54 Å². The Morgan fingerprint density at radius 1 is 1.00 bits per heavy atom. The van der Waals surface area contributed by atoms with Gasteiger partial charge in [0, 0.05) is 50.2 Å². The molecule has 0 saturated carbocycles. The molecule has 0 unspecified atom stereocenters. The highest BCUT2D eigenvalue weighted by molar-refractivity contribution is 5.74. The van der Waals surface area contributed by atoms with Crippen LogP contribution in [0.25, 0.3) is 5.69 Å². The van der Waals surface area contributed by atoms with Crippen molar-refractivity contribution in [3.63, 3.8) is 0 Å². The Morgan fingerprint density at radius 2 is 1.75 bits per heavy atom. The minimum atomic E-state index is -0.0173. The Labute approximate surface area is 165 Å². The topological polar surface area (TPSA) is 53.4 Å². The third-order valence-corrected chi connectivity index (χ3v) is 5.03. The second kappa shape index (κ2) is 8.17. The van der Waals surface area contributed by atoms with Crippen LogP contribution in [0.5, 0.6) is 0 Å². The highest BCUT2D eigenvalue weighted by Crippen LogP contribution is 2.17. The van der Waals surface area contributed by atoms with Crippen molar-refractivity contribution < 1.29 is 4.79 Å². The van der Waals surface area contributed by atoms with Crippen molar-refractivity contribution in [2.24, 2.45) is 0 Å². The average Bonchev–Trinajstić information content (AvgIpc) is 3.22. The second-order valence-corrected chi connectivity index (χ2v) is 7.10. The van der Waals surface area contributed by atoms with Crippen LogP contribution in [0.15, 0.2) is 67.0 Å². The SMILES string of the molecule is Cc1cccc(N2CCN(C(=O)NCc3cnn(-c4ccccc4)c3)CC2)c1. The first-order valence-corrected chi connectivity index (χ1v) is 9.62. The van der Waals surface area contributed by atoms with Crippen LogP contribution >= 0.6 is 0 Å². The molecule has 0 radical (unpaired) electrons. The molecule has 144 valence electrons. The fourth-order valence-electron chi connectivity index (χ4n) is 3.46. The molecule has 0 spiro atoms. The lowest BCUT2D eigenvalue weighted by Gasteiger charge is -2.36. The van der Waals surface area contributed by atoms with Gasteiger partial charge in [0.1, 0.15) is 0 Å². The summed E-state index contributed by atoms with van der Waals surface area (Å²) in [5.41, 5.74) is 4.48. The molecule has 2 aromatic carbocycles. The first-order valence-electron chi connectivity index (χ1n) is 9.62. The van der Waals surface area contributed by atoms with E-state index in [1.807, 2.05) is 46.1 Å². The lowest BCUT2D eigenvalue weighted by Crippen LogP contribution is -2.51. The minimum absolute atomic E-state index is 0.0173. The van der Waals surface area contributed by atoms with Crippen molar-refractivity contribution in [1.29, 1.82) is 0 Å². The summed E-state index contributed by atoms with van der Waals surface area (Å²) in [6.45, 7) is 5.73. The molecule has 4 rings (SSSR count). The number of aromatic nitrogens is 2. The summed E-state index contributed by atoms with van der Waals surface area (Å²) in [5.74, 6) is 0. The van der Waals surface area contributed by atoms with Gasteiger partial charge in [-0.1, -0.05) is 30.3 Å². The first kappa shape index (κ1) is 18.1. The molecule has 2 heterocycles. The van der Waals surface area contributed by atoms with Gasteiger partial charge in [-0.05, 0) is 36.8 Å². The molecule has 1 aliphatic rings. The van der Waals surface area contributed by atoms with E-state index in [2.05, 4.69) is 46.5 Å². The number of aryl methyl sites for hydroxylation is 1. The zero-order chi connectivity index (χ0) is 19.3. The number of nitrogens with zero attached hydrogens (tertiary/aromatic N) is 4. The summed E-state index contributed by atoms with van der Waals surface area (Å²) in [4.78, 5) is 16.7. The molecule has 1 saturated heterocycles. The van der Waals surface area contributed by atoms with E-state index < -0.39 is 0 Å². The third kappa shape index (κ3) is 4.17. The van der Waals surface area contributed by atoms with E-state index in [9.17, 15) is 4.79 Å². The Morgan fingerprint density at radius 3 is 2.50 bits per heavy atom. The normalized spacial score (nSPS) is 14.2. The summed E-state index contributed by atoms with van der Waals surface area (Å²) in [5, 5.41) is 7.38. The summed E-state index contributed by atoms with van der Waals surface area (Å²) in [7, 11) is 0. The highest BCUT2D eigenvalue weighted by Gasteiger charge is 2.21. The molecule has 3 aromatic rings. The molecule has 2 amide bonds. The van der Waals surface area contributed by atoms with E-state index in [1.54, 1.807) is 6.20 Å². The Hall–Kier alpha value is -3.28. The lowest BCUT2D eigenvalue weighted by molar-refractivity contribution is 0.194. The predicted molar refractivity (Wildman–Crippen MR) is 111 cm³/mol. The summed E-state index contributed by atoms with van der Waals surface area (Å²) in [6, 6.07) is 18.4. The third-order valence-electron chi connectivity index (χ3n) is 5.03. The number of hydrogen-bond donors (Lipinski definition) is 1. The zero-order valence-corrected chi connectivity index (χ0v) is 16.1. The predicted octanol–water partition coefficient (Wildman–Crippen LogP) is 3.21. The van der Waals surface area contributed by atoms with Gasteiger partial charge in [0.05, 0.1) is 11.9 Å². The van der Waals surface area contributed by atoms with Crippen LogP contribution < -0.4 is 10.2 Å². The van der Waals surface area contributed by atoms with Crippen molar-refractivity contribution in [1.82, 2.24) is 20.0 Å². The smallest absolute Gasteiger partial charge is 0.317 e. The van der Waals surface area contributed by atoms with Crippen molar-refractivity contribution in [2.75, 3.05) is 31.1 Å². The van der Waals surface area contributed by atoms with Crippen LogP contribution in [0, 0.1) is 6.92 Å². The maximum Gasteiger partial charge on any atom is 0.317 e. The number of urea groups is 1. The van der Waals surface area contributed by atoms with Crippen LogP contribution in [0.1, 0.15) is 11.1 Å². The Kier molecular flexibility index (Phi) is 5.28. The quantitative estimate of drug-likeness (QED) is 0.762. The molecule has 1 aromatic heterocycles. The molecule has 1 N–H and O–H groups in total. The maximum absolute atomic E-state index is 12.5. The van der Waals surface area contributed by atoms with Gasteiger partial charge in [0.25, 0.3) is 0 Å². The fourth-order valence-corrected chi connectivity index (χ4v) is 3.46. The van der Waals surface area contributed by atoms with Gasteiger partial charge < -0.3 is 15.1 Å². The molecule has 28 heavy (non-hydrogen) atoms. The lowest BCUT2D eigenvalue weighted by atomic mass is 10.2. The molecule has 6 nitrogen and oxygen atoms in total. The summed E-state index contributed by atoms with van der Waals surface area (Å²) in [6.07, 6.45) is 3.74. The van der Waals surface area contributed by atoms with Crippen LogP contribution in [0.3, 0.4) is 0 Å². The number of anilines is 1. The van der Waals surface area contributed by atoms with E-state index >= 15 is 0 Å². The number of hydrogen-bond acceptors (Lipinski definition) is 3. The fraction of sp³-hybridized carbons (Fsp3) is 0.273. The van der Waals surface area contributed by atoms with E-state index in [4.69, 9.17) is 0 Å². The number of piperazine rings is 1. The van der Waals surface area contributed by atoms with Crippen LogP contribution in [0.4, 0.5) is 10.5 Å². The van der Waals surface area contributed by atoms with Gasteiger partial charge in [-0.2, -0.15) is 5.10 Å². The number of nitrogens with one attached hydrogen (secondary N) is 1. The van der Waals surface area contributed by atoms with Gasteiger partial charge in [-0.25, -0.2) is 9.48 Å². The van der Waals surface area contributed by atoms with Crippen molar-refractivity contribution in [3.05, 3.63) is 78.1 Å². The van der Waals surface area contributed by atoms with Gasteiger partial charge in [-0.15, -0.1) is 0 Å². The standard InChI is InChI=1S/C22H25N5O/c1-18-6-5-9-21(14-18)25-10-12-26(13-11-25)22(28)23-15-19-16-24-27(17-19)20-7-3-2-4-8-20/h2-9,14,16-17H,10-13,15H2,1H3,(H,23,28). The molecule has 0 aliphatic carbocycles. The van der Waals surface area contributed by atoms with Crippen LogP contribution in [0.2, 0.25) is 0 Å². The van der Waals surface area contributed by atoms with E-state index in [1.165, 1.54) is 11.3 Å². The highest BCUT2D eigenvalue weighted by atomic mass is 16.2. The molecule has 0 atom stereocenters. The number of amides is 2. The average molecular weight is 375 g/mol. The molecule has 0 bridgehead atoms. The Bertz CT molecular complexity index is 929. The molecule has 1 fully saturated rings. The number of para-hydroxylation sites is 1. The zero-order valence-electron chi connectivity index (χ0n) is 16.1. The second-order valence-electron chi connectivity index (χ2n) is 7.10. The van der Waals surface area contributed by atoms with Crippen LogP contribution in [-0.4, -0.2) is 46.9 Å². The van der Waals surface area contributed by atoms with Gasteiger partial charge >= 0.3 is 6.03 Å². The monoisotopic (exact) mass is 375 g/mol. The molecule has 1 aliphatic heterocycles. The minimum Gasteiger partial charge on any atom is -0.368 e. The summed E-state index contributed by atoms with van der Waals surface area (Å²) < 4.78 is 1.82. The van der Waals surface area contributed by atoms with Crippen molar-refractivity contribution in [2.45, 2.75) is 13.5 Å². The van der Waals surface area contributed by atoms with E-state index in [0.29, 0.717) is 6.54 Å². The summed E-state index contributed by atoms with van der Waals surface area (Å²) >= 11 is 0. The van der Waals surface area contributed by atoms with Crippen molar-refractivity contribution in [3.8, 4) is 5.69 Å². The number of carbonyl (C=O) groups excluding carboxylic acids is 1. The first-order chi connectivity index (χ1) is 13.7. The molecular weight excluding hydrogens is 350 g/mol. The molecule has 6 heteroatoms. The maximum atomic E-state index is 12.5. The number of rotatable bonds is 4. The Balaban J connectivity index is 1.28.